The molecule has 1 heteroatoms. The Balaban J connectivity index is 1.68. The molecule has 0 aromatic heterocycles. The first kappa shape index (κ1) is 18.7. The lowest BCUT2D eigenvalue weighted by Crippen LogP contribution is -2.26. The van der Waals surface area contributed by atoms with Crippen molar-refractivity contribution in [1.29, 1.82) is 0 Å². The van der Waals surface area contributed by atoms with Gasteiger partial charge in [0, 0.05) is 6.61 Å². The predicted molar refractivity (Wildman–Crippen MR) is 93.8 cm³/mol. The maximum Gasteiger partial charge on any atom is 0.0597 e. The summed E-state index contributed by atoms with van der Waals surface area (Å²) in [6.07, 6.45) is 26.1. The molecule has 0 bridgehead atoms. The molecule has 1 fully saturated rings. The standard InChI is InChI=1S/C20H38O/c1-2-3-4-5-6-7-8-9-10-11-12-13-14-15-16-17-20-18-19-21-20/h9-10,20H,2-8,11-19H2,1H3. The average Bonchev–Trinajstić information content (AvgIpc) is 2.45. The van der Waals surface area contributed by atoms with Gasteiger partial charge in [-0.3, -0.25) is 0 Å². The van der Waals surface area contributed by atoms with Gasteiger partial charge in [-0.2, -0.15) is 0 Å². The Morgan fingerprint density at radius 2 is 1.29 bits per heavy atom. The molecule has 1 nitrogen and oxygen atoms in total. The Morgan fingerprint density at radius 1 is 0.762 bits per heavy atom. The molecule has 0 N–H and O–H groups in total. The molecule has 0 aromatic carbocycles. The molecular weight excluding hydrogens is 256 g/mol. The van der Waals surface area contributed by atoms with Gasteiger partial charge in [-0.25, -0.2) is 0 Å². The molecule has 1 atom stereocenters. The highest BCUT2D eigenvalue weighted by Crippen LogP contribution is 2.18. The van der Waals surface area contributed by atoms with E-state index in [9.17, 15) is 0 Å². The third-order valence-electron chi connectivity index (χ3n) is 4.58. The molecule has 0 saturated carbocycles. The second kappa shape index (κ2) is 14.6. The van der Waals surface area contributed by atoms with E-state index in [1.165, 1.54) is 96.3 Å². The van der Waals surface area contributed by atoms with E-state index < -0.39 is 0 Å². The molecule has 21 heavy (non-hydrogen) atoms. The minimum Gasteiger partial charge on any atom is -0.378 e. The number of rotatable bonds is 15. The van der Waals surface area contributed by atoms with Crippen molar-refractivity contribution in [2.75, 3.05) is 6.61 Å². The summed E-state index contributed by atoms with van der Waals surface area (Å²) in [6, 6.07) is 0. The Hall–Kier alpha value is -0.300. The summed E-state index contributed by atoms with van der Waals surface area (Å²) in [7, 11) is 0. The van der Waals surface area contributed by atoms with Gasteiger partial charge in [0.05, 0.1) is 6.10 Å². The third kappa shape index (κ3) is 12.0. The molecule has 0 amide bonds. The largest absolute Gasteiger partial charge is 0.378 e. The van der Waals surface area contributed by atoms with Crippen LogP contribution >= 0.6 is 0 Å². The first-order chi connectivity index (χ1) is 10.4. The van der Waals surface area contributed by atoms with Crippen molar-refractivity contribution in [3.05, 3.63) is 12.2 Å². The summed E-state index contributed by atoms with van der Waals surface area (Å²) < 4.78 is 5.44. The van der Waals surface area contributed by atoms with E-state index in [0.29, 0.717) is 6.10 Å². The summed E-state index contributed by atoms with van der Waals surface area (Å²) >= 11 is 0. The number of allylic oxidation sites excluding steroid dienone is 2. The lowest BCUT2D eigenvalue weighted by atomic mass is 10.0. The summed E-state index contributed by atoms with van der Waals surface area (Å²) in [5, 5.41) is 0. The van der Waals surface area contributed by atoms with E-state index in [1.54, 1.807) is 0 Å². The topological polar surface area (TPSA) is 9.23 Å². The third-order valence-corrected chi connectivity index (χ3v) is 4.58. The van der Waals surface area contributed by atoms with E-state index in [1.807, 2.05) is 0 Å². The van der Waals surface area contributed by atoms with Crippen molar-refractivity contribution in [2.45, 2.75) is 109 Å². The maximum atomic E-state index is 5.44. The Labute approximate surface area is 133 Å². The smallest absolute Gasteiger partial charge is 0.0597 e. The van der Waals surface area contributed by atoms with Crippen LogP contribution in [0.4, 0.5) is 0 Å². The molecular formula is C20H38O. The SMILES string of the molecule is CCCCCCCCC=CCCCCCCCC1CCO1. The maximum absolute atomic E-state index is 5.44. The molecule has 1 unspecified atom stereocenters. The molecule has 1 aliphatic rings. The van der Waals surface area contributed by atoms with E-state index in [2.05, 4.69) is 19.1 Å². The molecule has 0 radical (unpaired) electrons. The summed E-state index contributed by atoms with van der Waals surface area (Å²) in [4.78, 5) is 0. The van der Waals surface area contributed by atoms with E-state index in [0.717, 1.165) is 6.61 Å². The fraction of sp³-hybridized carbons (Fsp3) is 0.900. The fourth-order valence-corrected chi connectivity index (χ4v) is 2.95. The van der Waals surface area contributed by atoms with Crippen LogP contribution in [0.3, 0.4) is 0 Å². The van der Waals surface area contributed by atoms with Gasteiger partial charge in [0.15, 0.2) is 0 Å². The Bertz CT molecular complexity index is 230. The molecule has 1 saturated heterocycles. The lowest BCUT2D eigenvalue weighted by Gasteiger charge is -2.26. The van der Waals surface area contributed by atoms with Crippen LogP contribution in [0.1, 0.15) is 103 Å². The first-order valence-corrected chi connectivity index (χ1v) is 9.70. The number of hydrogen-bond acceptors (Lipinski definition) is 1. The Morgan fingerprint density at radius 3 is 1.81 bits per heavy atom. The van der Waals surface area contributed by atoms with Crippen LogP contribution in [-0.2, 0) is 4.74 Å². The highest BCUT2D eigenvalue weighted by atomic mass is 16.5. The van der Waals surface area contributed by atoms with Crippen LogP contribution in [0, 0.1) is 0 Å². The van der Waals surface area contributed by atoms with Crippen molar-refractivity contribution in [3.8, 4) is 0 Å². The quantitative estimate of drug-likeness (QED) is 0.238. The van der Waals surface area contributed by atoms with Crippen molar-refractivity contribution < 1.29 is 4.74 Å². The van der Waals surface area contributed by atoms with Crippen molar-refractivity contribution in [2.24, 2.45) is 0 Å². The summed E-state index contributed by atoms with van der Waals surface area (Å²) in [5.41, 5.74) is 0. The highest BCUT2D eigenvalue weighted by Gasteiger charge is 2.16. The monoisotopic (exact) mass is 294 g/mol. The second-order valence-corrected chi connectivity index (χ2v) is 6.65. The lowest BCUT2D eigenvalue weighted by molar-refractivity contribution is -0.0555. The molecule has 1 aliphatic heterocycles. The van der Waals surface area contributed by atoms with Gasteiger partial charge in [-0.1, -0.05) is 76.9 Å². The minimum atomic E-state index is 0.620. The molecule has 0 aliphatic carbocycles. The number of ether oxygens (including phenoxy) is 1. The van der Waals surface area contributed by atoms with Gasteiger partial charge in [-0.15, -0.1) is 0 Å². The van der Waals surface area contributed by atoms with Crippen molar-refractivity contribution >= 4 is 0 Å². The van der Waals surface area contributed by atoms with Crippen molar-refractivity contribution in [1.82, 2.24) is 0 Å². The number of unbranched alkanes of at least 4 members (excludes halogenated alkanes) is 11. The van der Waals surface area contributed by atoms with Gasteiger partial charge >= 0.3 is 0 Å². The van der Waals surface area contributed by atoms with Crippen LogP contribution < -0.4 is 0 Å². The predicted octanol–water partition coefficient (Wildman–Crippen LogP) is 6.81. The van der Waals surface area contributed by atoms with Gasteiger partial charge in [0.1, 0.15) is 0 Å². The first-order valence-electron chi connectivity index (χ1n) is 9.70. The fourth-order valence-electron chi connectivity index (χ4n) is 2.95. The average molecular weight is 295 g/mol. The molecule has 0 aromatic rings. The van der Waals surface area contributed by atoms with E-state index in [-0.39, 0.29) is 0 Å². The number of hydrogen-bond donors (Lipinski definition) is 0. The van der Waals surface area contributed by atoms with E-state index in [4.69, 9.17) is 4.74 Å². The van der Waals surface area contributed by atoms with Crippen LogP contribution in [0.25, 0.3) is 0 Å². The van der Waals surface area contributed by atoms with Crippen molar-refractivity contribution in [3.63, 3.8) is 0 Å². The van der Waals surface area contributed by atoms with E-state index >= 15 is 0 Å². The van der Waals surface area contributed by atoms with Gasteiger partial charge in [0.2, 0.25) is 0 Å². The van der Waals surface area contributed by atoms with Crippen LogP contribution in [-0.4, -0.2) is 12.7 Å². The Kier molecular flexibility index (Phi) is 13.1. The molecule has 0 spiro atoms. The zero-order chi connectivity index (χ0) is 15.0. The second-order valence-electron chi connectivity index (χ2n) is 6.65. The normalized spacial score (nSPS) is 18.2. The summed E-state index contributed by atoms with van der Waals surface area (Å²) in [5.74, 6) is 0. The van der Waals surface area contributed by atoms with Gasteiger partial charge in [0.25, 0.3) is 0 Å². The minimum absolute atomic E-state index is 0.620. The zero-order valence-electron chi connectivity index (χ0n) is 14.5. The molecule has 1 heterocycles. The van der Waals surface area contributed by atoms with Crippen LogP contribution in [0.15, 0.2) is 12.2 Å². The highest BCUT2D eigenvalue weighted by molar-refractivity contribution is 4.81. The van der Waals surface area contributed by atoms with Crippen LogP contribution in [0.5, 0.6) is 0 Å². The molecule has 124 valence electrons. The van der Waals surface area contributed by atoms with Gasteiger partial charge < -0.3 is 4.74 Å². The zero-order valence-corrected chi connectivity index (χ0v) is 14.5. The van der Waals surface area contributed by atoms with Gasteiger partial charge in [-0.05, 0) is 38.5 Å². The van der Waals surface area contributed by atoms with Crippen LogP contribution in [0.2, 0.25) is 0 Å². The molecule has 1 rings (SSSR count). The summed E-state index contributed by atoms with van der Waals surface area (Å²) in [6.45, 7) is 3.29.